The number of ether oxygens (including phenoxy) is 3. The summed E-state index contributed by atoms with van der Waals surface area (Å²) in [7, 11) is 3.16. The van der Waals surface area contributed by atoms with Crippen molar-refractivity contribution >= 4 is 0 Å². The molecule has 0 spiro atoms. The van der Waals surface area contributed by atoms with E-state index in [-0.39, 0.29) is 12.5 Å². The Labute approximate surface area is 95.8 Å². The fourth-order valence-corrected chi connectivity index (χ4v) is 1.24. The Hall–Kier alpha value is -1.42. The van der Waals surface area contributed by atoms with Gasteiger partial charge in [-0.1, -0.05) is 13.0 Å². The lowest BCUT2D eigenvalue weighted by atomic mass is 10.2. The Morgan fingerprint density at radius 3 is 2.19 bits per heavy atom. The van der Waals surface area contributed by atoms with Gasteiger partial charge in [-0.3, -0.25) is 0 Å². The van der Waals surface area contributed by atoms with Gasteiger partial charge >= 0.3 is 0 Å². The Morgan fingerprint density at radius 2 is 1.75 bits per heavy atom. The summed E-state index contributed by atoms with van der Waals surface area (Å²) in [6.07, 6.45) is 0. The van der Waals surface area contributed by atoms with Crippen LogP contribution in [0.4, 0.5) is 0 Å². The lowest BCUT2D eigenvalue weighted by molar-refractivity contribution is 0.167. The lowest BCUT2D eigenvalue weighted by Gasteiger charge is -2.15. The summed E-state index contributed by atoms with van der Waals surface area (Å²) >= 11 is 0. The van der Waals surface area contributed by atoms with Crippen LogP contribution in [0.5, 0.6) is 17.2 Å². The van der Waals surface area contributed by atoms with Crippen LogP contribution in [0.1, 0.15) is 6.92 Å². The molecule has 0 saturated heterocycles. The molecular weight excluding hydrogens is 208 g/mol. The summed E-state index contributed by atoms with van der Waals surface area (Å²) < 4.78 is 16.0. The molecule has 1 rings (SSSR count). The molecule has 1 aromatic carbocycles. The minimum Gasteiger partial charge on any atom is -0.493 e. The molecule has 16 heavy (non-hydrogen) atoms. The predicted octanol–water partition coefficient (Wildman–Crippen LogP) is 1.71. The minimum atomic E-state index is 0.0784. The molecular formula is C12H18O4. The van der Waals surface area contributed by atoms with Gasteiger partial charge in [-0.05, 0) is 12.1 Å². The van der Waals surface area contributed by atoms with E-state index in [4.69, 9.17) is 19.3 Å². The highest BCUT2D eigenvalue weighted by atomic mass is 16.5. The summed E-state index contributed by atoms with van der Waals surface area (Å²) in [5.74, 6) is 1.91. The number of methoxy groups -OCH3 is 2. The quantitative estimate of drug-likeness (QED) is 0.802. The third-order valence-electron chi connectivity index (χ3n) is 2.21. The number of rotatable bonds is 6. The maximum absolute atomic E-state index is 8.92. The summed E-state index contributed by atoms with van der Waals surface area (Å²) in [6.45, 7) is 2.42. The van der Waals surface area contributed by atoms with Gasteiger partial charge in [0.15, 0.2) is 11.5 Å². The first-order valence-electron chi connectivity index (χ1n) is 5.17. The molecule has 1 N–H and O–H groups in total. The number of aliphatic hydroxyl groups is 1. The van der Waals surface area contributed by atoms with Crippen molar-refractivity contribution in [2.45, 2.75) is 6.92 Å². The van der Waals surface area contributed by atoms with Crippen LogP contribution in [0.3, 0.4) is 0 Å². The van der Waals surface area contributed by atoms with Gasteiger partial charge in [0.25, 0.3) is 0 Å². The molecule has 0 aliphatic heterocycles. The van der Waals surface area contributed by atoms with Crippen molar-refractivity contribution in [2.75, 3.05) is 27.4 Å². The Bertz CT molecular complexity index is 303. The second-order valence-corrected chi connectivity index (χ2v) is 3.59. The van der Waals surface area contributed by atoms with Crippen molar-refractivity contribution < 1.29 is 19.3 Å². The zero-order valence-corrected chi connectivity index (χ0v) is 9.90. The number of aliphatic hydroxyl groups excluding tert-OH is 1. The molecule has 90 valence electrons. The van der Waals surface area contributed by atoms with Crippen molar-refractivity contribution in [1.82, 2.24) is 0 Å². The smallest absolute Gasteiger partial charge is 0.203 e. The molecule has 0 bridgehead atoms. The van der Waals surface area contributed by atoms with E-state index in [2.05, 4.69) is 0 Å². The molecule has 1 aromatic rings. The van der Waals surface area contributed by atoms with Gasteiger partial charge in [0.05, 0.1) is 20.8 Å². The molecule has 0 aliphatic carbocycles. The molecule has 0 heterocycles. The van der Waals surface area contributed by atoms with Crippen molar-refractivity contribution in [3.63, 3.8) is 0 Å². The molecule has 0 aromatic heterocycles. The van der Waals surface area contributed by atoms with E-state index in [0.29, 0.717) is 23.9 Å². The highest BCUT2D eigenvalue weighted by Crippen LogP contribution is 2.36. The zero-order chi connectivity index (χ0) is 12.0. The van der Waals surface area contributed by atoms with Gasteiger partial charge < -0.3 is 19.3 Å². The highest BCUT2D eigenvalue weighted by Gasteiger charge is 2.12. The number of para-hydroxylation sites is 1. The van der Waals surface area contributed by atoms with Crippen molar-refractivity contribution in [3.8, 4) is 17.2 Å². The molecule has 0 radical (unpaired) electrons. The lowest BCUT2D eigenvalue weighted by Crippen LogP contribution is -2.13. The summed E-state index contributed by atoms with van der Waals surface area (Å²) in [6, 6.07) is 5.45. The summed E-state index contributed by atoms with van der Waals surface area (Å²) in [5.41, 5.74) is 0. The van der Waals surface area contributed by atoms with Crippen molar-refractivity contribution in [1.29, 1.82) is 0 Å². The van der Waals surface area contributed by atoms with Gasteiger partial charge in [0.2, 0.25) is 5.75 Å². The van der Waals surface area contributed by atoms with E-state index in [0.717, 1.165) is 0 Å². The third kappa shape index (κ3) is 3.03. The molecule has 1 unspecified atom stereocenters. The Kier molecular flexibility index (Phi) is 4.92. The molecule has 0 aliphatic rings. The minimum absolute atomic E-state index is 0.0784. The molecule has 4 heteroatoms. The first-order chi connectivity index (χ1) is 7.72. The van der Waals surface area contributed by atoms with Crippen molar-refractivity contribution in [2.24, 2.45) is 5.92 Å². The topological polar surface area (TPSA) is 47.9 Å². The van der Waals surface area contributed by atoms with Crippen LogP contribution in [0.25, 0.3) is 0 Å². The number of benzene rings is 1. The third-order valence-corrected chi connectivity index (χ3v) is 2.21. The summed E-state index contributed by atoms with van der Waals surface area (Å²) in [4.78, 5) is 0. The van der Waals surface area contributed by atoms with Crippen LogP contribution in [-0.2, 0) is 0 Å². The molecule has 0 saturated carbocycles. The standard InChI is InChI=1S/C12H18O4/c1-9(7-13)8-16-12-10(14-2)5-4-6-11(12)15-3/h4-6,9,13H,7-8H2,1-3H3. The van der Waals surface area contributed by atoms with Gasteiger partial charge in [0, 0.05) is 12.5 Å². The second kappa shape index (κ2) is 6.23. The van der Waals surface area contributed by atoms with Gasteiger partial charge in [-0.2, -0.15) is 0 Å². The summed E-state index contributed by atoms with van der Waals surface area (Å²) in [5, 5.41) is 8.92. The Morgan fingerprint density at radius 1 is 1.19 bits per heavy atom. The highest BCUT2D eigenvalue weighted by molar-refractivity contribution is 5.51. The van der Waals surface area contributed by atoms with E-state index >= 15 is 0 Å². The fourth-order valence-electron chi connectivity index (χ4n) is 1.24. The fraction of sp³-hybridized carbons (Fsp3) is 0.500. The van der Waals surface area contributed by atoms with Crippen LogP contribution >= 0.6 is 0 Å². The van der Waals surface area contributed by atoms with Crippen LogP contribution in [0, 0.1) is 5.92 Å². The van der Waals surface area contributed by atoms with Crippen molar-refractivity contribution in [3.05, 3.63) is 18.2 Å². The normalized spacial score (nSPS) is 12.0. The predicted molar refractivity (Wildman–Crippen MR) is 61.3 cm³/mol. The van der Waals surface area contributed by atoms with E-state index in [1.54, 1.807) is 14.2 Å². The van der Waals surface area contributed by atoms with Crippen LogP contribution in [-0.4, -0.2) is 32.5 Å². The van der Waals surface area contributed by atoms with Crippen LogP contribution < -0.4 is 14.2 Å². The van der Waals surface area contributed by atoms with E-state index in [1.807, 2.05) is 25.1 Å². The maximum Gasteiger partial charge on any atom is 0.203 e. The largest absolute Gasteiger partial charge is 0.493 e. The van der Waals surface area contributed by atoms with Crippen LogP contribution in [0.2, 0.25) is 0 Å². The van der Waals surface area contributed by atoms with E-state index in [9.17, 15) is 0 Å². The number of hydrogen-bond acceptors (Lipinski definition) is 4. The molecule has 0 amide bonds. The zero-order valence-electron chi connectivity index (χ0n) is 9.90. The average molecular weight is 226 g/mol. The second-order valence-electron chi connectivity index (χ2n) is 3.59. The monoisotopic (exact) mass is 226 g/mol. The Balaban J connectivity index is 2.82. The SMILES string of the molecule is COc1cccc(OC)c1OCC(C)CO. The molecule has 0 fully saturated rings. The van der Waals surface area contributed by atoms with Gasteiger partial charge in [-0.15, -0.1) is 0 Å². The molecule has 1 atom stereocenters. The molecule has 4 nitrogen and oxygen atoms in total. The first-order valence-corrected chi connectivity index (χ1v) is 5.17. The van der Waals surface area contributed by atoms with Gasteiger partial charge in [-0.25, -0.2) is 0 Å². The van der Waals surface area contributed by atoms with E-state index in [1.165, 1.54) is 0 Å². The van der Waals surface area contributed by atoms with Crippen LogP contribution in [0.15, 0.2) is 18.2 Å². The maximum atomic E-state index is 8.92. The number of hydrogen-bond donors (Lipinski definition) is 1. The van der Waals surface area contributed by atoms with E-state index < -0.39 is 0 Å². The first kappa shape index (κ1) is 12.6. The average Bonchev–Trinajstić information content (AvgIpc) is 2.35. The van der Waals surface area contributed by atoms with Gasteiger partial charge in [0.1, 0.15) is 0 Å².